The molecule has 1 aliphatic carbocycles. The number of hydrogen-bond donors (Lipinski definition) is 2. The third-order valence-corrected chi connectivity index (χ3v) is 3.92. The summed E-state index contributed by atoms with van der Waals surface area (Å²) in [5, 5.41) is 12.7. The van der Waals surface area contributed by atoms with Crippen LogP contribution in [0.5, 0.6) is 0 Å². The van der Waals surface area contributed by atoms with Crippen LogP contribution < -0.4 is 5.32 Å². The van der Waals surface area contributed by atoms with Crippen molar-refractivity contribution in [3.8, 4) is 0 Å². The standard InChI is InChI=1S/C18H19NO2/c20-18(21)17(19-12-13-6-2-1-3-7-13)16-9-5-4-8-15(16)14-10-11-14/h1-9,14,17,19H,10-12H2,(H,20,21). The zero-order chi connectivity index (χ0) is 14.7. The van der Waals surface area contributed by atoms with Crippen molar-refractivity contribution in [2.75, 3.05) is 0 Å². The van der Waals surface area contributed by atoms with E-state index in [4.69, 9.17) is 0 Å². The molecule has 2 aromatic carbocycles. The summed E-state index contributed by atoms with van der Waals surface area (Å²) in [6.07, 6.45) is 2.34. The molecule has 0 saturated heterocycles. The smallest absolute Gasteiger partial charge is 0.325 e. The zero-order valence-corrected chi connectivity index (χ0v) is 11.8. The van der Waals surface area contributed by atoms with Crippen molar-refractivity contribution < 1.29 is 9.90 Å². The van der Waals surface area contributed by atoms with Crippen LogP contribution in [0, 0.1) is 0 Å². The number of aliphatic carboxylic acids is 1. The van der Waals surface area contributed by atoms with Crippen LogP contribution in [-0.4, -0.2) is 11.1 Å². The molecule has 0 radical (unpaired) electrons. The summed E-state index contributed by atoms with van der Waals surface area (Å²) in [5.74, 6) is -0.277. The second kappa shape index (κ2) is 6.10. The lowest BCUT2D eigenvalue weighted by Gasteiger charge is -2.18. The molecule has 0 aliphatic heterocycles. The minimum Gasteiger partial charge on any atom is -0.480 e. The number of carboxylic acids is 1. The average molecular weight is 281 g/mol. The van der Waals surface area contributed by atoms with Crippen LogP contribution in [0.2, 0.25) is 0 Å². The van der Waals surface area contributed by atoms with Gasteiger partial charge in [0.1, 0.15) is 6.04 Å². The van der Waals surface area contributed by atoms with E-state index in [1.165, 1.54) is 18.4 Å². The van der Waals surface area contributed by atoms with Crippen molar-refractivity contribution in [3.63, 3.8) is 0 Å². The van der Waals surface area contributed by atoms with Crippen LogP contribution in [0.4, 0.5) is 0 Å². The summed E-state index contributed by atoms with van der Waals surface area (Å²) in [4.78, 5) is 11.7. The predicted molar refractivity (Wildman–Crippen MR) is 82.1 cm³/mol. The molecule has 3 heteroatoms. The normalized spacial score (nSPS) is 15.6. The first kappa shape index (κ1) is 13.8. The van der Waals surface area contributed by atoms with Crippen molar-refractivity contribution in [1.82, 2.24) is 5.32 Å². The lowest BCUT2D eigenvalue weighted by atomic mass is 9.97. The Bertz CT molecular complexity index is 620. The molecular formula is C18H19NO2. The summed E-state index contributed by atoms with van der Waals surface area (Å²) < 4.78 is 0. The fourth-order valence-electron chi connectivity index (χ4n) is 2.69. The van der Waals surface area contributed by atoms with Crippen LogP contribution in [0.1, 0.15) is 41.5 Å². The third kappa shape index (κ3) is 3.31. The SMILES string of the molecule is O=C(O)C(NCc1ccccc1)c1ccccc1C1CC1. The van der Waals surface area contributed by atoms with Gasteiger partial charge in [0.2, 0.25) is 0 Å². The summed E-state index contributed by atoms with van der Waals surface area (Å²) >= 11 is 0. The molecule has 21 heavy (non-hydrogen) atoms. The highest BCUT2D eigenvalue weighted by atomic mass is 16.4. The first-order valence-electron chi connectivity index (χ1n) is 7.34. The minimum atomic E-state index is -0.820. The molecule has 2 aromatic rings. The second-order valence-corrected chi connectivity index (χ2v) is 5.54. The fraction of sp³-hybridized carbons (Fsp3) is 0.278. The first-order valence-corrected chi connectivity index (χ1v) is 7.34. The molecule has 108 valence electrons. The Morgan fingerprint density at radius 1 is 1.10 bits per heavy atom. The van der Waals surface area contributed by atoms with Crippen molar-refractivity contribution in [2.45, 2.75) is 31.3 Å². The average Bonchev–Trinajstić information content (AvgIpc) is 3.33. The maximum Gasteiger partial charge on any atom is 0.325 e. The Labute approximate surface area is 124 Å². The van der Waals surface area contributed by atoms with E-state index >= 15 is 0 Å². The molecular weight excluding hydrogens is 262 g/mol. The predicted octanol–water partition coefficient (Wildman–Crippen LogP) is 3.48. The lowest BCUT2D eigenvalue weighted by molar-refractivity contribution is -0.139. The Morgan fingerprint density at radius 2 is 1.76 bits per heavy atom. The van der Waals surface area contributed by atoms with E-state index in [1.807, 2.05) is 48.5 Å². The molecule has 0 heterocycles. The molecule has 0 amide bonds. The van der Waals surface area contributed by atoms with Gasteiger partial charge in [-0.15, -0.1) is 0 Å². The van der Waals surface area contributed by atoms with Crippen molar-refractivity contribution in [2.24, 2.45) is 0 Å². The van der Waals surface area contributed by atoms with E-state index in [1.54, 1.807) is 0 Å². The summed E-state index contributed by atoms with van der Waals surface area (Å²) in [7, 11) is 0. The zero-order valence-electron chi connectivity index (χ0n) is 11.8. The van der Waals surface area contributed by atoms with Crippen molar-refractivity contribution in [1.29, 1.82) is 0 Å². The Hall–Kier alpha value is -2.13. The van der Waals surface area contributed by atoms with Crippen LogP contribution in [0.3, 0.4) is 0 Å². The topological polar surface area (TPSA) is 49.3 Å². The highest BCUT2D eigenvalue weighted by Gasteiger charge is 2.30. The van der Waals surface area contributed by atoms with Crippen molar-refractivity contribution >= 4 is 5.97 Å². The molecule has 1 atom stereocenters. The van der Waals surface area contributed by atoms with E-state index in [0.717, 1.165) is 11.1 Å². The molecule has 0 aromatic heterocycles. The Kier molecular flexibility index (Phi) is 4.02. The molecule has 1 aliphatic rings. The van der Waals surface area contributed by atoms with Gasteiger partial charge in [0.05, 0.1) is 0 Å². The molecule has 1 fully saturated rings. The van der Waals surface area contributed by atoms with Crippen LogP contribution in [-0.2, 0) is 11.3 Å². The molecule has 0 spiro atoms. The largest absolute Gasteiger partial charge is 0.480 e. The molecule has 1 unspecified atom stereocenters. The van der Waals surface area contributed by atoms with E-state index < -0.39 is 12.0 Å². The quantitative estimate of drug-likeness (QED) is 0.852. The van der Waals surface area contributed by atoms with Gasteiger partial charge in [-0.3, -0.25) is 10.1 Å². The van der Waals surface area contributed by atoms with Crippen LogP contribution in [0.25, 0.3) is 0 Å². The maximum absolute atomic E-state index is 11.7. The lowest BCUT2D eigenvalue weighted by Crippen LogP contribution is -2.29. The number of rotatable bonds is 6. The van der Waals surface area contributed by atoms with Gasteiger partial charge in [-0.2, -0.15) is 0 Å². The number of nitrogens with one attached hydrogen (secondary N) is 1. The first-order chi connectivity index (χ1) is 10.3. The van der Waals surface area contributed by atoms with Gasteiger partial charge in [0.25, 0.3) is 0 Å². The van der Waals surface area contributed by atoms with Gasteiger partial charge in [-0.05, 0) is 35.4 Å². The van der Waals surface area contributed by atoms with Gasteiger partial charge in [0.15, 0.2) is 0 Å². The van der Waals surface area contributed by atoms with Gasteiger partial charge in [-0.1, -0.05) is 54.6 Å². The van der Waals surface area contributed by atoms with E-state index in [9.17, 15) is 9.90 Å². The Morgan fingerprint density at radius 3 is 2.43 bits per heavy atom. The summed E-state index contributed by atoms with van der Waals surface area (Å²) in [5.41, 5.74) is 3.18. The van der Waals surface area contributed by atoms with Gasteiger partial charge in [0, 0.05) is 6.54 Å². The number of benzene rings is 2. The molecule has 3 nitrogen and oxygen atoms in total. The monoisotopic (exact) mass is 281 g/mol. The number of hydrogen-bond acceptors (Lipinski definition) is 2. The molecule has 3 rings (SSSR count). The molecule has 2 N–H and O–H groups in total. The highest BCUT2D eigenvalue weighted by Crippen LogP contribution is 2.42. The molecule has 0 bridgehead atoms. The molecule has 1 saturated carbocycles. The maximum atomic E-state index is 11.7. The number of carbonyl (C=O) groups is 1. The van der Waals surface area contributed by atoms with E-state index in [2.05, 4.69) is 11.4 Å². The third-order valence-electron chi connectivity index (χ3n) is 3.92. The second-order valence-electron chi connectivity index (χ2n) is 5.54. The minimum absolute atomic E-state index is 0.543. The summed E-state index contributed by atoms with van der Waals surface area (Å²) in [6, 6.07) is 17.1. The van der Waals surface area contributed by atoms with E-state index in [-0.39, 0.29) is 0 Å². The van der Waals surface area contributed by atoms with E-state index in [0.29, 0.717) is 12.5 Å². The fourth-order valence-corrected chi connectivity index (χ4v) is 2.69. The Balaban J connectivity index is 1.80. The van der Waals surface area contributed by atoms with Crippen LogP contribution in [0.15, 0.2) is 54.6 Å². The highest BCUT2D eigenvalue weighted by molar-refractivity contribution is 5.76. The van der Waals surface area contributed by atoms with Gasteiger partial charge >= 0.3 is 5.97 Å². The van der Waals surface area contributed by atoms with Crippen molar-refractivity contribution in [3.05, 3.63) is 71.3 Å². The number of carboxylic acid groups (broad SMARTS) is 1. The van der Waals surface area contributed by atoms with Gasteiger partial charge < -0.3 is 5.11 Å². The summed E-state index contributed by atoms with van der Waals surface area (Å²) in [6.45, 7) is 0.552. The van der Waals surface area contributed by atoms with Crippen LogP contribution >= 0.6 is 0 Å². The van der Waals surface area contributed by atoms with Gasteiger partial charge in [-0.25, -0.2) is 0 Å².